The van der Waals surface area contributed by atoms with E-state index in [-0.39, 0.29) is 23.0 Å². The van der Waals surface area contributed by atoms with Gasteiger partial charge in [0.1, 0.15) is 0 Å². The van der Waals surface area contributed by atoms with Crippen LogP contribution in [0.25, 0.3) is 0 Å². The van der Waals surface area contributed by atoms with E-state index in [2.05, 4.69) is 0 Å². The Bertz CT molecular complexity index is 450. The number of hydrogen-bond donors (Lipinski definition) is 1. The number of ether oxygens (including phenoxy) is 3. The number of hydrogen-bond acceptors (Lipinski definition) is 5. The summed E-state index contributed by atoms with van der Waals surface area (Å²) in [6.45, 7) is 1.99. The summed E-state index contributed by atoms with van der Waals surface area (Å²) in [6.07, 6.45) is 0.719. The van der Waals surface area contributed by atoms with Crippen LogP contribution < -0.4 is 4.74 Å². The molecule has 0 aliphatic rings. The van der Waals surface area contributed by atoms with Gasteiger partial charge in [-0.25, -0.2) is 0 Å². The predicted molar refractivity (Wildman–Crippen MR) is 78.9 cm³/mol. The molecular weight excluding hydrogens is 274 g/mol. The Labute approximate surface area is 125 Å². The number of nitrogens with zero attached hydrogens (tertiary/aromatic N) is 1. The first-order valence-corrected chi connectivity index (χ1v) is 6.78. The third-order valence-electron chi connectivity index (χ3n) is 3.08. The molecule has 6 heteroatoms. The first-order chi connectivity index (χ1) is 10.2. The van der Waals surface area contributed by atoms with Crippen LogP contribution in [0.5, 0.6) is 11.5 Å². The molecule has 0 unspecified atom stereocenters. The van der Waals surface area contributed by atoms with Crippen molar-refractivity contribution in [2.24, 2.45) is 0 Å². The lowest BCUT2D eigenvalue weighted by atomic mass is 10.1. The van der Waals surface area contributed by atoms with Crippen LogP contribution in [-0.4, -0.2) is 63.5 Å². The predicted octanol–water partition coefficient (Wildman–Crippen LogP) is 1.53. The topological polar surface area (TPSA) is 68.2 Å². The van der Waals surface area contributed by atoms with Crippen LogP contribution in [-0.2, 0) is 9.47 Å². The molecule has 0 saturated heterocycles. The Kier molecular flexibility index (Phi) is 7.56. The lowest BCUT2D eigenvalue weighted by Gasteiger charge is -2.23. The summed E-state index contributed by atoms with van der Waals surface area (Å²) in [5.41, 5.74) is 0.225. The van der Waals surface area contributed by atoms with Gasteiger partial charge >= 0.3 is 0 Å². The highest BCUT2D eigenvalue weighted by Gasteiger charge is 2.20. The Morgan fingerprint density at radius 3 is 2.48 bits per heavy atom. The van der Waals surface area contributed by atoms with Crippen LogP contribution in [0.2, 0.25) is 0 Å². The summed E-state index contributed by atoms with van der Waals surface area (Å²) in [7, 11) is 4.65. The second-order valence-corrected chi connectivity index (χ2v) is 4.49. The van der Waals surface area contributed by atoms with Gasteiger partial charge < -0.3 is 24.2 Å². The summed E-state index contributed by atoms with van der Waals surface area (Å²) < 4.78 is 15.1. The largest absolute Gasteiger partial charge is 0.504 e. The van der Waals surface area contributed by atoms with Gasteiger partial charge in [-0.2, -0.15) is 0 Å². The molecule has 0 fully saturated rings. The molecule has 118 valence electrons. The fourth-order valence-electron chi connectivity index (χ4n) is 1.95. The molecule has 0 spiro atoms. The number of carbonyl (C=O) groups is 1. The Hall–Kier alpha value is -1.79. The normalized spacial score (nSPS) is 10.4. The van der Waals surface area contributed by atoms with E-state index in [1.165, 1.54) is 7.11 Å². The van der Waals surface area contributed by atoms with Crippen LogP contribution in [0.4, 0.5) is 0 Å². The van der Waals surface area contributed by atoms with Crippen molar-refractivity contribution in [3.05, 3.63) is 23.8 Å². The number of rotatable bonds is 9. The fourth-order valence-corrected chi connectivity index (χ4v) is 1.95. The smallest absolute Gasteiger partial charge is 0.257 e. The van der Waals surface area contributed by atoms with Gasteiger partial charge in [0.15, 0.2) is 11.5 Å². The SMILES string of the molecule is COCCCN(CCOC)C(=O)c1cccc(OC)c1O. The van der Waals surface area contributed by atoms with Crippen LogP contribution in [0.1, 0.15) is 16.8 Å². The van der Waals surface area contributed by atoms with E-state index in [1.807, 2.05) is 0 Å². The molecule has 0 aromatic heterocycles. The van der Waals surface area contributed by atoms with Crippen LogP contribution >= 0.6 is 0 Å². The van der Waals surface area contributed by atoms with Crippen LogP contribution in [0, 0.1) is 0 Å². The van der Waals surface area contributed by atoms with Gasteiger partial charge in [0.05, 0.1) is 19.3 Å². The average Bonchev–Trinajstić information content (AvgIpc) is 2.50. The van der Waals surface area contributed by atoms with Crippen molar-refractivity contribution in [1.82, 2.24) is 4.90 Å². The maximum atomic E-state index is 12.5. The van der Waals surface area contributed by atoms with Crippen LogP contribution in [0.15, 0.2) is 18.2 Å². The highest BCUT2D eigenvalue weighted by molar-refractivity contribution is 5.97. The summed E-state index contributed by atoms with van der Waals surface area (Å²) in [5.74, 6) is -0.108. The number of para-hydroxylation sites is 1. The van der Waals surface area contributed by atoms with Crippen molar-refractivity contribution < 1.29 is 24.1 Å². The second kappa shape index (κ2) is 9.20. The Morgan fingerprint density at radius 2 is 1.86 bits per heavy atom. The van der Waals surface area contributed by atoms with Gasteiger partial charge in [0.25, 0.3) is 5.91 Å². The number of benzene rings is 1. The number of phenols is 1. The number of methoxy groups -OCH3 is 3. The quantitative estimate of drug-likeness (QED) is 0.700. The van der Waals surface area contributed by atoms with Gasteiger partial charge in [0, 0.05) is 33.9 Å². The van der Waals surface area contributed by atoms with Crippen molar-refractivity contribution in [3.8, 4) is 11.5 Å². The van der Waals surface area contributed by atoms with Crippen molar-refractivity contribution in [2.45, 2.75) is 6.42 Å². The molecule has 0 atom stereocenters. The number of carbonyl (C=O) groups excluding carboxylic acids is 1. The van der Waals surface area contributed by atoms with Crippen molar-refractivity contribution in [2.75, 3.05) is 47.6 Å². The van der Waals surface area contributed by atoms with E-state index < -0.39 is 0 Å². The monoisotopic (exact) mass is 297 g/mol. The number of amides is 1. The molecule has 0 aliphatic heterocycles. The van der Waals surface area contributed by atoms with Gasteiger partial charge in [-0.05, 0) is 18.6 Å². The molecule has 0 radical (unpaired) electrons. The van der Waals surface area contributed by atoms with Gasteiger partial charge in [-0.15, -0.1) is 0 Å². The van der Waals surface area contributed by atoms with E-state index in [4.69, 9.17) is 14.2 Å². The molecule has 1 aromatic carbocycles. The standard InChI is InChI=1S/C15H23NO5/c1-19-10-5-8-16(9-11-20-2)15(18)12-6-4-7-13(21-3)14(12)17/h4,6-7,17H,5,8-11H2,1-3H3. The lowest BCUT2D eigenvalue weighted by molar-refractivity contribution is 0.0670. The van der Waals surface area contributed by atoms with Crippen molar-refractivity contribution >= 4 is 5.91 Å². The van der Waals surface area contributed by atoms with Gasteiger partial charge in [-0.3, -0.25) is 4.79 Å². The molecule has 1 N–H and O–H groups in total. The molecule has 1 amide bonds. The molecule has 1 rings (SSSR count). The maximum absolute atomic E-state index is 12.5. The zero-order valence-corrected chi connectivity index (χ0v) is 12.8. The number of aromatic hydroxyl groups is 1. The zero-order chi connectivity index (χ0) is 15.7. The molecule has 21 heavy (non-hydrogen) atoms. The molecular formula is C15H23NO5. The van der Waals surface area contributed by atoms with Gasteiger partial charge in [-0.1, -0.05) is 6.07 Å². The minimum Gasteiger partial charge on any atom is -0.504 e. The summed E-state index contributed by atoms with van der Waals surface area (Å²) in [6, 6.07) is 4.86. The van der Waals surface area contributed by atoms with E-state index in [0.717, 1.165) is 6.42 Å². The fraction of sp³-hybridized carbons (Fsp3) is 0.533. The van der Waals surface area contributed by atoms with Crippen molar-refractivity contribution in [3.63, 3.8) is 0 Å². The van der Waals surface area contributed by atoms with E-state index in [9.17, 15) is 9.90 Å². The van der Waals surface area contributed by atoms with E-state index in [1.54, 1.807) is 37.3 Å². The molecule has 6 nitrogen and oxygen atoms in total. The van der Waals surface area contributed by atoms with Gasteiger partial charge in [0.2, 0.25) is 0 Å². The lowest BCUT2D eigenvalue weighted by Crippen LogP contribution is -2.35. The summed E-state index contributed by atoms with van der Waals surface area (Å²) in [5, 5.41) is 10.1. The first kappa shape index (κ1) is 17.3. The molecule has 0 heterocycles. The molecule has 0 saturated carbocycles. The van der Waals surface area contributed by atoms with Crippen molar-refractivity contribution in [1.29, 1.82) is 0 Å². The molecule has 0 bridgehead atoms. The highest BCUT2D eigenvalue weighted by Crippen LogP contribution is 2.30. The highest BCUT2D eigenvalue weighted by atomic mass is 16.5. The third kappa shape index (κ3) is 4.91. The Balaban J connectivity index is 2.87. The summed E-state index contributed by atoms with van der Waals surface area (Å²) in [4.78, 5) is 14.2. The minimum absolute atomic E-state index is 0.140. The van der Waals surface area contributed by atoms with E-state index >= 15 is 0 Å². The minimum atomic E-state index is -0.250. The summed E-state index contributed by atoms with van der Waals surface area (Å²) >= 11 is 0. The molecule has 1 aromatic rings. The average molecular weight is 297 g/mol. The Morgan fingerprint density at radius 1 is 1.14 bits per heavy atom. The van der Waals surface area contributed by atoms with E-state index in [0.29, 0.717) is 26.3 Å². The maximum Gasteiger partial charge on any atom is 0.257 e. The third-order valence-corrected chi connectivity index (χ3v) is 3.08. The molecule has 0 aliphatic carbocycles. The number of phenolic OH excluding ortho intramolecular Hbond substituents is 1. The zero-order valence-electron chi connectivity index (χ0n) is 12.8. The first-order valence-electron chi connectivity index (χ1n) is 6.78. The second-order valence-electron chi connectivity index (χ2n) is 4.49. The van der Waals surface area contributed by atoms with Crippen LogP contribution in [0.3, 0.4) is 0 Å².